The zero-order valence-corrected chi connectivity index (χ0v) is 12.4. The quantitative estimate of drug-likeness (QED) is 0.890. The molecule has 0 bridgehead atoms. The molecule has 20 heavy (non-hydrogen) atoms. The molecule has 0 saturated heterocycles. The van der Waals surface area contributed by atoms with Crippen LogP contribution in [-0.2, 0) is 0 Å². The molecule has 0 aliphatic rings. The molecule has 4 heteroatoms. The maximum Gasteiger partial charge on any atom is 0.141 e. The molecule has 2 aromatic rings. The lowest BCUT2D eigenvalue weighted by molar-refractivity contribution is 0.579. The van der Waals surface area contributed by atoms with E-state index in [1.807, 2.05) is 25.1 Å². The summed E-state index contributed by atoms with van der Waals surface area (Å²) in [5.74, 6) is -0.328. The average molecular weight is 293 g/mol. The molecule has 0 saturated carbocycles. The van der Waals surface area contributed by atoms with E-state index in [0.29, 0.717) is 5.02 Å². The lowest BCUT2D eigenvalue weighted by atomic mass is 9.96. The van der Waals surface area contributed by atoms with Gasteiger partial charge >= 0.3 is 0 Å². The van der Waals surface area contributed by atoms with Crippen molar-refractivity contribution in [2.45, 2.75) is 26.3 Å². The van der Waals surface area contributed by atoms with Gasteiger partial charge in [0.2, 0.25) is 0 Å². The number of benzene rings is 1. The Morgan fingerprint density at radius 2 is 2.10 bits per heavy atom. The lowest BCUT2D eigenvalue weighted by Crippen LogP contribution is -2.24. The Kier molecular flexibility index (Phi) is 5.10. The number of aromatic nitrogens is 1. The number of hydrogen-bond donors (Lipinski definition) is 1. The van der Waals surface area contributed by atoms with Crippen LogP contribution < -0.4 is 5.32 Å². The molecule has 0 aliphatic carbocycles. The Hall–Kier alpha value is -1.45. The molecule has 106 valence electrons. The van der Waals surface area contributed by atoms with Gasteiger partial charge in [0.1, 0.15) is 5.82 Å². The van der Waals surface area contributed by atoms with Crippen molar-refractivity contribution in [2.24, 2.45) is 0 Å². The van der Waals surface area contributed by atoms with Gasteiger partial charge in [-0.15, -0.1) is 0 Å². The summed E-state index contributed by atoms with van der Waals surface area (Å²) in [5, 5.41) is 4.11. The molecule has 1 aromatic heterocycles. The van der Waals surface area contributed by atoms with E-state index in [1.54, 1.807) is 6.20 Å². The van der Waals surface area contributed by atoms with Crippen LogP contribution in [0.1, 0.15) is 36.1 Å². The SMILES string of the molecule is CCCNC(c1cncc(F)c1)c1cc(Cl)ccc1C. The fourth-order valence-electron chi connectivity index (χ4n) is 2.20. The topological polar surface area (TPSA) is 24.9 Å². The van der Waals surface area contributed by atoms with E-state index in [9.17, 15) is 4.39 Å². The van der Waals surface area contributed by atoms with Crippen LogP contribution in [0.5, 0.6) is 0 Å². The van der Waals surface area contributed by atoms with Crippen LogP contribution in [0, 0.1) is 12.7 Å². The average Bonchev–Trinajstić information content (AvgIpc) is 2.43. The van der Waals surface area contributed by atoms with Crippen molar-refractivity contribution in [3.05, 3.63) is 64.2 Å². The summed E-state index contributed by atoms with van der Waals surface area (Å²) in [6.45, 7) is 4.96. The molecule has 1 heterocycles. The minimum atomic E-state index is -0.328. The van der Waals surface area contributed by atoms with Crippen LogP contribution >= 0.6 is 11.6 Å². The van der Waals surface area contributed by atoms with Crippen LogP contribution in [0.15, 0.2) is 36.7 Å². The maximum atomic E-state index is 13.4. The molecule has 2 nitrogen and oxygen atoms in total. The molecule has 0 spiro atoms. The normalized spacial score (nSPS) is 12.4. The molecule has 0 fully saturated rings. The summed E-state index contributed by atoms with van der Waals surface area (Å²) in [6.07, 6.45) is 3.90. The Morgan fingerprint density at radius 3 is 2.80 bits per heavy atom. The highest BCUT2D eigenvalue weighted by atomic mass is 35.5. The second-order valence-electron chi connectivity index (χ2n) is 4.82. The van der Waals surface area contributed by atoms with E-state index in [-0.39, 0.29) is 11.9 Å². The summed E-state index contributed by atoms with van der Waals surface area (Å²) in [6, 6.07) is 7.18. The van der Waals surface area contributed by atoms with Crippen molar-refractivity contribution in [3.63, 3.8) is 0 Å². The standard InChI is InChI=1S/C16H18ClFN2/c1-3-6-20-16(12-7-14(18)10-19-9-12)15-8-13(17)5-4-11(15)2/h4-5,7-10,16,20H,3,6H2,1-2H3. The number of nitrogens with zero attached hydrogens (tertiary/aromatic N) is 1. The summed E-state index contributed by atoms with van der Waals surface area (Å²) >= 11 is 6.10. The summed E-state index contributed by atoms with van der Waals surface area (Å²) in [4.78, 5) is 3.94. The third-order valence-electron chi connectivity index (χ3n) is 3.21. The van der Waals surface area contributed by atoms with Crippen LogP contribution in [0.25, 0.3) is 0 Å². The van der Waals surface area contributed by atoms with Crippen LogP contribution in [0.4, 0.5) is 4.39 Å². The predicted octanol–water partition coefficient (Wildman–Crippen LogP) is 4.27. The smallest absolute Gasteiger partial charge is 0.141 e. The molecular weight excluding hydrogens is 275 g/mol. The Bertz CT molecular complexity index is 586. The highest BCUT2D eigenvalue weighted by Gasteiger charge is 2.16. The van der Waals surface area contributed by atoms with Gasteiger partial charge in [0.05, 0.1) is 12.2 Å². The molecular formula is C16H18ClFN2. The number of nitrogens with one attached hydrogen (secondary N) is 1. The van der Waals surface area contributed by atoms with Crippen LogP contribution in [-0.4, -0.2) is 11.5 Å². The monoisotopic (exact) mass is 292 g/mol. The predicted molar refractivity (Wildman–Crippen MR) is 80.5 cm³/mol. The van der Waals surface area contributed by atoms with Crippen LogP contribution in [0.2, 0.25) is 5.02 Å². The number of halogens is 2. The molecule has 0 aliphatic heterocycles. The zero-order chi connectivity index (χ0) is 14.5. The van der Waals surface area contributed by atoms with Crippen molar-refractivity contribution in [1.82, 2.24) is 10.3 Å². The number of rotatable bonds is 5. The van der Waals surface area contributed by atoms with Gasteiger partial charge in [0, 0.05) is 11.2 Å². The van der Waals surface area contributed by atoms with E-state index >= 15 is 0 Å². The highest BCUT2D eigenvalue weighted by molar-refractivity contribution is 6.30. The number of aryl methyl sites for hydroxylation is 1. The first-order valence-electron chi connectivity index (χ1n) is 6.71. The molecule has 1 aromatic carbocycles. The summed E-state index contributed by atoms with van der Waals surface area (Å²) < 4.78 is 13.4. The Morgan fingerprint density at radius 1 is 1.30 bits per heavy atom. The van der Waals surface area contributed by atoms with Gasteiger partial charge < -0.3 is 5.32 Å². The lowest BCUT2D eigenvalue weighted by Gasteiger charge is -2.21. The Labute approximate surface area is 124 Å². The molecule has 1 N–H and O–H groups in total. The van der Waals surface area contributed by atoms with Gasteiger partial charge in [-0.2, -0.15) is 0 Å². The first-order valence-corrected chi connectivity index (χ1v) is 7.09. The first kappa shape index (κ1) is 14.9. The minimum Gasteiger partial charge on any atom is -0.306 e. The fraction of sp³-hybridized carbons (Fsp3) is 0.312. The van der Waals surface area contributed by atoms with Crippen LogP contribution in [0.3, 0.4) is 0 Å². The van der Waals surface area contributed by atoms with E-state index < -0.39 is 0 Å². The van der Waals surface area contributed by atoms with E-state index in [4.69, 9.17) is 11.6 Å². The molecule has 1 atom stereocenters. The molecule has 0 amide bonds. The second-order valence-corrected chi connectivity index (χ2v) is 5.26. The maximum absolute atomic E-state index is 13.4. The van der Waals surface area contributed by atoms with Crippen molar-refractivity contribution in [1.29, 1.82) is 0 Å². The molecule has 1 unspecified atom stereocenters. The first-order chi connectivity index (χ1) is 9.61. The summed E-state index contributed by atoms with van der Waals surface area (Å²) in [7, 11) is 0. The van der Waals surface area contributed by atoms with Gasteiger partial charge in [-0.3, -0.25) is 4.98 Å². The van der Waals surface area contributed by atoms with E-state index in [1.165, 1.54) is 12.3 Å². The fourth-order valence-corrected chi connectivity index (χ4v) is 2.39. The van der Waals surface area contributed by atoms with E-state index in [0.717, 1.165) is 29.7 Å². The van der Waals surface area contributed by atoms with Gasteiger partial charge in [0.15, 0.2) is 0 Å². The van der Waals surface area contributed by atoms with Crippen molar-refractivity contribution in [2.75, 3.05) is 6.54 Å². The molecule has 2 rings (SSSR count). The highest BCUT2D eigenvalue weighted by Crippen LogP contribution is 2.27. The second kappa shape index (κ2) is 6.82. The van der Waals surface area contributed by atoms with Gasteiger partial charge in [-0.25, -0.2) is 4.39 Å². The Balaban J connectivity index is 2.44. The van der Waals surface area contributed by atoms with E-state index in [2.05, 4.69) is 17.2 Å². The van der Waals surface area contributed by atoms with Crippen molar-refractivity contribution >= 4 is 11.6 Å². The van der Waals surface area contributed by atoms with Gasteiger partial charge in [0.25, 0.3) is 0 Å². The number of hydrogen-bond acceptors (Lipinski definition) is 2. The molecule has 0 radical (unpaired) electrons. The van der Waals surface area contributed by atoms with Crippen molar-refractivity contribution in [3.8, 4) is 0 Å². The van der Waals surface area contributed by atoms with Gasteiger partial charge in [-0.1, -0.05) is 24.6 Å². The van der Waals surface area contributed by atoms with Gasteiger partial charge in [-0.05, 0) is 54.8 Å². The third kappa shape index (κ3) is 3.56. The van der Waals surface area contributed by atoms with Crippen molar-refractivity contribution < 1.29 is 4.39 Å². The largest absolute Gasteiger partial charge is 0.306 e. The third-order valence-corrected chi connectivity index (χ3v) is 3.45. The zero-order valence-electron chi connectivity index (χ0n) is 11.7. The number of pyridine rings is 1. The minimum absolute atomic E-state index is 0.100. The summed E-state index contributed by atoms with van der Waals surface area (Å²) in [5.41, 5.74) is 2.98.